The van der Waals surface area contributed by atoms with E-state index in [4.69, 9.17) is 28.3 Å². The molecule has 0 spiro atoms. The van der Waals surface area contributed by atoms with Crippen LogP contribution in [0.2, 0.25) is 0 Å². The first-order valence-electron chi connectivity index (χ1n) is 6.65. The summed E-state index contributed by atoms with van der Waals surface area (Å²) < 4.78 is -0.932. The molecule has 0 aromatic heterocycles. The smallest absolute Gasteiger partial charge is 0.303 e. The molecule has 1 aliphatic heterocycles. The number of aliphatic carboxylic acids is 1. The first kappa shape index (κ1) is 14.9. The van der Waals surface area contributed by atoms with Crippen LogP contribution < -0.4 is 0 Å². The highest BCUT2D eigenvalue weighted by Gasteiger charge is 2.68. The lowest BCUT2D eigenvalue weighted by Crippen LogP contribution is -2.44. The van der Waals surface area contributed by atoms with Crippen LogP contribution in [0.5, 0.6) is 0 Å². The number of alkyl halides is 2. The third-order valence-corrected chi connectivity index (χ3v) is 5.40. The number of nitrogens with zero attached hydrogens (tertiary/aromatic N) is 1. The minimum Gasteiger partial charge on any atom is -0.481 e. The van der Waals surface area contributed by atoms with Gasteiger partial charge in [-0.05, 0) is 38.5 Å². The molecule has 0 aromatic rings. The number of carbonyl (C=O) groups excluding carboxylic acids is 1. The summed E-state index contributed by atoms with van der Waals surface area (Å²) in [5.41, 5.74) is -0.662. The predicted octanol–water partition coefficient (Wildman–Crippen LogP) is 2.67. The topological polar surface area (TPSA) is 57.6 Å². The molecular weight excluding hydrogens is 289 g/mol. The molecule has 4 nitrogen and oxygen atoms in total. The fraction of sp³-hybridized carbons (Fsp3) is 0.846. The molecule has 6 heteroatoms. The summed E-state index contributed by atoms with van der Waals surface area (Å²) in [5.74, 6) is -0.494. The van der Waals surface area contributed by atoms with E-state index in [0.717, 1.165) is 19.4 Å². The fourth-order valence-electron chi connectivity index (χ4n) is 2.79. The number of piperidine rings is 1. The van der Waals surface area contributed by atoms with Crippen molar-refractivity contribution < 1.29 is 14.7 Å². The second-order valence-corrected chi connectivity index (χ2v) is 7.39. The molecule has 0 bridgehead atoms. The Hall–Kier alpha value is -0.480. The third-order valence-electron chi connectivity index (χ3n) is 4.30. The monoisotopic (exact) mass is 307 g/mol. The molecule has 2 rings (SSSR count). The molecule has 2 atom stereocenters. The number of rotatable bonds is 4. The lowest BCUT2D eigenvalue weighted by Gasteiger charge is -2.34. The van der Waals surface area contributed by atoms with Gasteiger partial charge in [0.15, 0.2) is 0 Å². The highest BCUT2D eigenvalue weighted by molar-refractivity contribution is 6.53. The zero-order valence-electron chi connectivity index (χ0n) is 11.0. The van der Waals surface area contributed by atoms with Gasteiger partial charge in [-0.1, -0.05) is 0 Å². The van der Waals surface area contributed by atoms with Crippen LogP contribution in [0, 0.1) is 11.3 Å². The molecule has 19 heavy (non-hydrogen) atoms. The minimum absolute atomic E-state index is 0.0116. The van der Waals surface area contributed by atoms with Gasteiger partial charge in [-0.25, -0.2) is 0 Å². The molecule has 1 N–H and O–H groups in total. The Labute approximate surface area is 123 Å². The molecule has 0 aromatic carbocycles. The normalized spacial score (nSPS) is 33.0. The van der Waals surface area contributed by atoms with Gasteiger partial charge in [0.05, 0.1) is 5.41 Å². The van der Waals surface area contributed by atoms with Gasteiger partial charge in [0.2, 0.25) is 5.91 Å². The van der Waals surface area contributed by atoms with Crippen molar-refractivity contribution in [2.45, 2.75) is 43.4 Å². The lowest BCUT2D eigenvalue weighted by molar-refractivity contribution is -0.138. The Morgan fingerprint density at radius 3 is 2.58 bits per heavy atom. The Kier molecular flexibility index (Phi) is 4.03. The van der Waals surface area contributed by atoms with E-state index in [1.165, 1.54) is 0 Å². The van der Waals surface area contributed by atoms with Crippen molar-refractivity contribution in [3.05, 3.63) is 0 Å². The van der Waals surface area contributed by atoms with E-state index in [1.54, 1.807) is 6.92 Å². The minimum atomic E-state index is -0.932. The van der Waals surface area contributed by atoms with Crippen LogP contribution in [0.25, 0.3) is 0 Å². The SMILES string of the molecule is C[C@]1(C(=O)N2CCC[C@H](CCC(=O)O)C2)CC1(Cl)Cl. The molecule has 1 saturated heterocycles. The molecule has 1 amide bonds. The summed E-state index contributed by atoms with van der Waals surface area (Å²) in [4.78, 5) is 24.8. The molecule has 0 radical (unpaired) electrons. The van der Waals surface area contributed by atoms with E-state index in [-0.39, 0.29) is 18.2 Å². The fourth-order valence-corrected chi connectivity index (χ4v) is 3.49. The van der Waals surface area contributed by atoms with Gasteiger partial charge in [0.25, 0.3) is 0 Å². The van der Waals surface area contributed by atoms with Gasteiger partial charge in [-0.15, -0.1) is 23.2 Å². The Bertz CT molecular complexity index is 399. The van der Waals surface area contributed by atoms with Crippen LogP contribution in [0.3, 0.4) is 0 Å². The summed E-state index contributed by atoms with van der Waals surface area (Å²) >= 11 is 12.1. The average Bonchev–Trinajstić information content (AvgIpc) is 2.87. The predicted molar refractivity (Wildman–Crippen MR) is 73.3 cm³/mol. The van der Waals surface area contributed by atoms with Crippen LogP contribution in [0.4, 0.5) is 0 Å². The summed E-state index contributed by atoms with van der Waals surface area (Å²) in [5, 5.41) is 8.71. The third kappa shape index (κ3) is 3.00. The van der Waals surface area contributed by atoms with Crippen molar-refractivity contribution in [2.75, 3.05) is 13.1 Å². The van der Waals surface area contributed by atoms with Crippen LogP contribution in [-0.4, -0.2) is 39.3 Å². The lowest BCUT2D eigenvalue weighted by atomic mass is 9.92. The van der Waals surface area contributed by atoms with Gasteiger partial charge < -0.3 is 10.0 Å². The van der Waals surface area contributed by atoms with Crippen molar-refractivity contribution in [1.29, 1.82) is 0 Å². The number of carboxylic acids is 1. The van der Waals surface area contributed by atoms with Crippen molar-refractivity contribution in [1.82, 2.24) is 4.90 Å². The highest BCUT2D eigenvalue weighted by atomic mass is 35.5. The second kappa shape index (κ2) is 5.13. The van der Waals surface area contributed by atoms with E-state index < -0.39 is 15.7 Å². The number of carbonyl (C=O) groups is 2. The molecule has 0 unspecified atom stereocenters. The van der Waals surface area contributed by atoms with E-state index in [0.29, 0.717) is 19.4 Å². The maximum absolute atomic E-state index is 12.4. The number of hydrogen-bond donors (Lipinski definition) is 1. The summed E-state index contributed by atoms with van der Waals surface area (Å²) in [6, 6.07) is 0. The molecule has 1 heterocycles. The van der Waals surface area contributed by atoms with Gasteiger partial charge in [-0.3, -0.25) is 9.59 Å². The highest BCUT2D eigenvalue weighted by Crippen LogP contribution is 2.64. The van der Waals surface area contributed by atoms with E-state index >= 15 is 0 Å². The largest absolute Gasteiger partial charge is 0.481 e. The number of halogens is 2. The summed E-state index contributed by atoms with van der Waals surface area (Å²) in [6.45, 7) is 3.16. The van der Waals surface area contributed by atoms with Gasteiger partial charge in [-0.2, -0.15) is 0 Å². The summed E-state index contributed by atoms with van der Waals surface area (Å²) in [7, 11) is 0. The van der Waals surface area contributed by atoms with Gasteiger partial charge >= 0.3 is 5.97 Å². The van der Waals surface area contributed by atoms with E-state index in [2.05, 4.69) is 0 Å². The number of likely N-dealkylation sites (tertiary alicyclic amines) is 1. The van der Waals surface area contributed by atoms with Crippen molar-refractivity contribution >= 4 is 35.1 Å². The Morgan fingerprint density at radius 1 is 1.42 bits per heavy atom. The Morgan fingerprint density at radius 2 is 2.05 bits per heavy atom. The maximum Gasteiger partial charge on any atom is 0.303 e. The van der Waals surface area contributed by atoms with Crippen LogP contribution in [0.15, 0.2) is 0 Å². The summed E-state index contributed by atoms with van der Waals surface area (Å²) in [6.07, 6.45) is 3.20. The molecule has 2 fully saturated rings. The molecule has 1 saturated carbocycles. The van der Waals surface area contributed by atoms with Gasteiger partial charge in [0, 0.05) is 19.5 Å². The van der Waals surface area contributed by atoms with Crippen molar-refractivity contribution in [3.63, 3.8) is 0 Å². The van der Waals surface area contributed by atoms with Crippen LogP contribution in [-0.2, 0) is 9.59 Å². The number of hydrogen-bond acceptors (Lipinski definition) is 2. The molecular formula is C13H19Cl2NO3. The molecule has 1 aliphatic carbocycles. The zero-order chi connectivity index (χ0) is 14.3. The number of carboxylic acid groups (broad SMARTS) is 1. The maximum atomic E-state index is 12.4. The first-order chi connectivity index (χ1) is 8.76. The van der Waals surface area contributed by atoms with E-state index in [1.807, 2.05) is 4.90 Å². The van der Waals surface area contributed by atoms with Crippen LogP contribution in [0.1, 0.15) is 39.0 Å². The van der Waals surface area contributed by atoms with Crippen LogP contribution >= 0.6 is 23.2 Å². The van der Waals surface area contributed by atoms with E-state index in [9.17, 15) is 9.59 Å². The molecule has 108 valence electrons. The van der Waals surface area contributed by atoms with Crippen molar-refractivity contribution in [3.8, 4) is 0 Å². The number of amides is 1. The average molecular weight is 308 g/mol. The first-order valence-corrected chi connectivity index (χ1v) is 7.41. The van der Waals surface area contributed by atoms with Crippen molar-refractivity contribution in [2.24, 2.45) is 11.3 Å². The van der Waals surface area contributed by atoms with Gasteiger partial charge in [0.1, 0.15) is 4.33 Å². The standard InChI is InChI=1S/C13H19Cl2NO3/c1-12(8-13(12,14)15)11(19)16-6-2-3-9(7-16)4-5-10(17)18/h9H,2-8H2,1H3,(H,17,18)/t9-,12-/m1/s1. The second-order valence-electron chi connectivity index (χ2n) is 5.91. The molecule has 2 aliphatic rings. The zero-order valence-corrected chi connectivity index (χ0v) is 12.5. The Balaban J connectivity index is 1.91. The quantitative estimate of drug-likeness (QED) is 0.812.